The fourth-order valence-corrected chi connectivity index (χ4v) is 4.14. The number of esters is 1. The summed E-state index contributed by atoms with van der Waals surface area (Å²) in [6, 6.07) is 11.4. The smallest absolute Gasteiger partial charge is 0.338 e. The fourth-order valence-electron chi connectivity index (χ4n) is 2.74. The van der Waals surface area contributed by atoms with Crippen LogP contribution < -0.4 is 0 Å². The zero-order valence-corrected chi connectivity index (χ0v) is 15.6. The summed E-state index contributed by atoms with van der Waals surface area (Å²) in [6.45, 7) is 0.984. The van der Waals surface area contributed by atoms with Crippen LogP contribution in [0.4, 0.5) is 5.69 Å². The van der Waals surface area contributed by atoms with E-state index in [9.17, 15) is 23.3 Å². The average Bonchev–Trinajstić information content (AvgIpc) is 2.73. The Morgan fingerprint density at radius 1 is 1.11 bits per heavy atom. The lowest BCUT2D eigenvalue weighted by Gasteiger charge is -2.26. The van der Waals surface area contributed by atoms with Gasteiger partial charge in [0.15, 0.2) is 0 Å². The van der Waals surface area contributed by atoms with Crippen LogP contribution in [0.15, 0.2) is 53.4 Å². The highest BCUT2D eigenvalue weighted by molar-refractivity contribution is 7.89. The summed E-state index contributed by atoms with van der Waals surface area (Å²) in [7, 11) is -3.65. The number of carbonyl (C=O) groups is 1. The van der Waals surface area contributed by atoms with Crippen LogP contribution >= 0.6 is 0 Å². The topological polar surface area (TPSA) is 116 Å². The maximum absolute atomic E-state index is 12.6. The second kappa shape index (κ2) is 8.46. The quantitative estimate of drug-likeness (QED) is 0.409. The summed E-state index contributed by atoms with van der Waals surface area (Å²) >= 11 is 0. The number of hydrogen-bond donors (Lipinski definition) is 0. The standard InChI is InChI=1S/C18H18N2O7S/c21-18(27-13-15-3-1-2-4-17(15)20(22)23)14-5-7-16(8-6-14)28(24,25)19-9-11-26-12-10-19/h1-8H,9-13H2. The van der Waals surface area contributed by atoms with E-state index in [2.05, 4.69) is 0 Å². The zero-order valence-electron chi connectivity index (χ0n) is 14.8. The molecular weight excluding hydrogens is 388 g/mol. The van der Waals surface area contributed by atoms with Crippen LogP contribution in [0.5, 0.6) is 0 Å². The first-order valence-electron chi connectivity index (χ1n) is 8.47. The molecule has 0 N–H and O–H groups in total. The van der Waals surface area contributed by atoms with Crippen molar-refractivity contribution in [2.24, 2.45) is 0 Å². The van der Waals surface area contributed by atoms with Crippen LogP contribution in [-0.2, 0) is 26.1 Å². The largest absolute Gasteiger partial charge is 0.457 e. The van der Waals surface area contributed by atoms with Gasteiger partial charge < -0.3 is 9.47 Å². The molecule has 10 heteroatoms. The van der Waals surface area contributed by atoms with E-state index in [1.54, 1.807) is 6.07 Å². The molecule has 1 fully saturated rings. The monoisotopic (exact) mass is 406 g/mol. The van der Waals surface area contributed by atoms with Gasteiger partial charge in [0.2, 0.25) is 10.0 Å². The van der Waals surface area contributed by atoms with Gasteiger partial charge in [-0.15, -0.1) is 0 Å². The van der Waals surface area contributed by atoms with E-state index in [1.165, 1.54) is 46.8 Å². The third-order valence-corrected chi connectivity index (χ3v) is 6.16. The molecule has 0 radical (unpaired) electrons. The van der Waals surface area contributed by atoms with Gasteiger partial charge in [0.05, 0.1) is 34.2 Å². The van der Waals surface area contributed by atoms with E-state index < -0.39 is 20.9 Å². The van der Waals surface area contributed by atoms with Gasteiger partial charge in [0.25, 0.3) is 5.69 Å². The minimum absolute atomic E-state index is 0.0737. The number of sulfonamides is 1. The normalized spacial score (nSPS) is 15.1. The average molecular weight is 406 g/mol. The number of nitro groups is 1. The molecule has 0 bridgehead atoms. The SMILES string of the molecule is O=C(OCc1ccccc1[N+](=O)[O-])c1ccc(S(=O)(=O)N2CCOCC2)cc1. The van der Waals surface area contributed by atoms with Crippen molar-refractivity contribution in [2.75, 3.05) is 26.3 Å². The van der Waals surface area contributed by atoms with Crippen LogP contribution in [0.2, 0.25) is 0 Å². The van der Waals surface area contributed by atoms with Crippen molar-refractivity contribution in [3.8, 4) is 0 Å². The minimum atomic E-state index is -3.65. The van der Waals surface area contributed by atoms with E-state index in [0.29, 0.717) is 13.2 Å². The molecule has 0 atom stereocenters. The summed E-state index contributed by atoms with van der Waals surface area (Å²) in [5, 5.41) is 11.0. The van der Waals surface area contributed by atoms with E-state index >= 15 is 0 Å². The predicted molar refractivity (Wildman–Crippen MR) is 98.2 cm³/mol. The molecule has 9 nitrogen and oxygen atoms in total. The van der Waals surface area contributed by atoms with Crippen LogP contribution in [-0.4, -0.2) is 49.9 Å². The summed E-state index contributed by atoms with van der Waals surface area (Å²) < 4.78 is 36.8. The van der Waals surface area contributed by atoms with E-state index in [0.717, 1.165) is 0 Å². The van der Waals surface area contributed by atoms with Crippen molar-refractivity contribution < 1.29 is 27.6 Å². The zero-order chi connectivity index (χ0) is 20.1. The number of ether oxygens (including phenoxy) is 2. The van der Waals surface area contributed by atoms with Crippen molar-refractivity contribution in [3.05, 3.63) is 69.8 Å². The Labute approximate surface area is 161 Å². The molecular formula is C18H18N2O7S. The third kappa shape index (κ3) is 4.35. The maximum Gasteiger partial charge on any atom is 0.338 e. The Kier molecular flexibility index (Phi) is 6.02. The van der Waals surface area contributed by atoms with Crippen molar-refractivity contribution in [3.63, 3.8) is 0 Å². The van der Waals surface area contributed by atoms with Gasteiger partial charge in [-0.05, 0) is 30.3 Å². The number of morpholine rings is 1. The van der Waals surface area contributed by atoms with Crippen molar-refractivity contribution in [2.45, 2.75) is 11.5 Å². The fraction of sp³-hybridized carbons (Fsp3) is 0.278. The van der Waals surface area contributed by atoms with Crippen molar-refractivity contribution in [1.82, 2.24) is 4.31 Å². The van der Waals surface area contributed by atoms with E-state index in [-0.39, 0.29) is 41.4 Å². The molecule has 2 aromatic carbocycles. The number of nitro benzene ring substituents is 1. The maximum atomic E-state index is 12.6. The molecule has 0 unspecified atom stereocenters. The molecule has 28 heavy (non-hydrogen) atoms. The molecule has 0 spiro atoms. The molecule has 148 valence electrons. The van der Waals surface area contributed by atoms with Crippen molar-refractivity contribution >= 4 is 21.7 Å². The third-order valence-electron chi connectivity index (χ3n) is 4.24. The highest BCUT2D eigenvalue weighted by Gasteiger charge is 2.26. The lowest BCUT2D eigenvalue weighted by molar-refractivity contribution is -0.385. The Hall–Kier alpha value is -2.82. The van der Waals surface area contributed by atoms with Crippen LogP contribution in [0.3, 0.4) is 0 Å². The first-order chi connectivity index (χ1) is 13.4. The molecule has 1 aliphatic rings. The van der Waals surface area contributed by atoms with Gasteiger partial charge in [-0.2, -0.15) is 4.31 Å². The molecule has 1 saturated heterocycles. The van der Waals surface area contributed by atoms with Gasteiger partial charge in [-0.25, -0.2) is 13.2 Å². The Balaban J connectivity index is 1.68. The van der Waals surface area contributed by atoms with Gasteiger partial charge >= 0.3 is 5.97 Å². The number of carbonyl (C=O) groups excluding carboxylic acids is 1. The number of nitrogens with zero attached hydrogens (tertiary/aromatic N) is 2. The lowest BCUT2D eigenvalue weighted by Crippen LogP contribution is -2.40. The van der Waals surface area contributed by atoms with Crippen LogP contribution in [0.25, 0.3) is 0 Å². The Morgan fingerprint density at radius 2 is 1.75 bits per heavy atom. The Morgan fingerprint density at radius 3 is 2.39 bits per heavy atom. The highest BCUT2D eigenvalue weighted by atomic mass is 32.2. The summed E-state index contributed by atoms with van der Waals surface area (Å²) in [5.74, 6) is -0.700. The lowest BCUT2D eigenvalue weighted by atomic mass is 10.2. The van der Waals surface area contributed by atoms with Gasteiger partial charge in [0, 0.05) is 19.2 Å². The number of rotatable bonds is 6. The van der Waals surface area contributed by atoms with E-state index in [4.69, 9.17) is 9.47 Å². The molecule has 1 aliphatic heterocycles. The molecule has 0 aliphatic carbocycles. The van der Waals surface area contributed by atoms with Crippen LogP contribution in [0.1, 0.15) is 15.9 Å². The number of para-hydroxylation sites is 1. The summed E-state index contributed by atoms with van der Waals surface area (Å²) in [6.07, 6.45) is 0. The van der Waals surface area contributed by atoms with Crippen LogP contribution in [0, 0.1) is 10.1 Å². The Bertz CT molecular complexity index is 968. The molecule has 0 amide bonds. The van der Waals surface area contributed by atoms with E-state index in [1.807, 2.05) is 0 Å². The molecule has 0 saturated carbocycles. The first-order valence-corrected chi connectivity index (χ1v) is 9.91. The minimum Gasteiger partial charge on any atom is -0.457 e. The molecule has 2 aromatic rings. The number of hydrogen-bond acceptors (Lipinski definition) is 7. The molecule has 1 heterocycles. The summed E-state index contributed by atoms with van der Waals surface area (Å²) in [5.41, 5.74) is 0.286. The highest BCUT2D eigenvalue weighted by Crippen LogP contribution is 2.20. The summed E-state index contributed by atoms with van der Waals surface area (Å²) in [4.78, 5) is 22.7. The van der Waals surface area contributed by atoms with Crippen molar-refractivity contribution in [1.29, 1.82) is 0 Å². The molecule has 0 aromatic heterocycles. The van der Waals surface area contributed by atoms with Gasteiger partial charge in [-0.1, -0.05) is 12.1 Å². The second-order valence-corrected chi connectivity index (χ2v) is 7.94. The predicted octanol–water partition coefficient (Wildman–Crippen LogP) is 1.97. The van der Waals surface area contributed by atoms with Gasteiger partial charge in [0.1, 0.15) is 6.61 Å². The molecule has 3 rings (SSSR count). The number of benzene rings is 2. The first kappa shape index (κ1) is 19.9. The van der Waals surface area contributed by atoms with Gasteiger partial charge in [-0.3, -0.25) is 10.1 Å². The second-order valence-electron chi connectivity index (χ2n) is 6.00.